The second-order valence-corrected chi connectivity index (χ2v) is 14.8. The van der Waals surface area contributed by atoms with Gasteiger partial charge in [0, 0.05) is 31.4 Å². The normalized spacial score (nSPS) is 20.7. The number of anilines is 1. The Bertz CT molecular complexity index is 1760. The summed E-state index contributed by atoms with van der Waals surface area (Å²) in [6.45, 7) is 3.49. The molecule has 0 aliphatic carbocycles. The van der Waals surface area contributed by atoms with E-state index in [2.05, 4.69) is 20.3 Å². The number of amides is 1. The molecule has 0 bridgehead atoms. The average molecular weight is 687 g/mol. The summed E-state index contributed by atoms with van der Waals surface area (Å²) in [5, 5.41) is 13.3. The zero-order valence-corrected chi connectivity index (χ0v) is 26.6. The van der Waals surface area contributed by atoms with Crippen molar-refractivity contribution in [2.45, 2.75) is 52.0 Å². The van der Waals surface area contributed by atoms with E-state index in [0.29, 0.717) is 5.56 Å². The van der Waals surface area contributed by atoms with Crippen LogP contribution >= 0.6 is 15.2 Å². The zero-order chi connectivity index (χ0) is 33.8. The quantitative estimate of drug-likeness (QED) is 0.0821. The third-order valence-electron chi connectivity index (χ3n) is 6.64. The van der Waals surface area contributed by atoms with Gasteiger partial charge in [0.1, 0.15) is 18.4 Å². The molecule has 0 saturated carbocycles. The Hall–Kier alpha value is -3.83. The van der Waals surface area contributed by atoms with E-state index in [9.17, 15) is 43.4 Å². The fourth-order valence-corrected chi connectivity index (χ4v) is 7.62. The first-order valence-corrected chi connectivity index (χ1v) is 17.3. The van der Waals surface area contributed by atoms with Gasteiger partial charge in [-0.1, -0.05) is 26.0 Å². The number of nitrogens with zero attached hydrogens (tertiary/aromatic N) is 4. The minimum absolute atomic E-state index is 0.0127. The van der Waals surface area contributed by atoms with Crippen LogP contribution in [-0.4, -0.2) is 77.4 Å². The fourth-order valence-electron chi connectivity index (χ4n) is 4.40. The number of rotatable bonds is 14. The molecule has 3 heterocycles. The minimum Gasteiger partial charge on any atom is -0.460 e. The number of nitro groups is 1. The van der Waals surface area contributed by atoms with Crippen molar-refractivity contribution in [1.82, 2.24) is 19.5 Å². The Morgan fingerprint density at radius 2 is 1.89 bits per heavy atom. The molecule has 2 unspecified atom stereocenters. The van der Waals surface area contributed by atoms with Crippen LogP contribution in [0.3, 0.4) is 0 Å². The van der Waals surface area contributed by atoms with Gasteiger partial charge >= 0.3 is 21.2 Å². The Morgan fingerprint density at radius 3 is 2.52 bits per heavy atom. The molecule has 46 heavy (non-hydrogen) atoms. The van der Waals surface area contributed by atoms with Crippen LogP contribution in [0.2, 0.25) is 0 Å². The Balaban J connectivity index is 1.40. The maximum atomic E-state index is 12.7. The van der Waals surface area contributed by atoms with Gasteiger partial charge < -0.3 is 28.3 Å². The van der Waals surface area contributed by atoms with Gasteiger partial charge in [0.2, 0.25) is 11.9 Å². The number of imidazole rings is 1. The Kier molecular flexibility index (Phi) is 10.9. The standard InChI is InChI=1S/C25H32N6O13P2/c1-14(2)23(33)28-25-27-22-21(24(34)29-25)26-12-30(22)20-10-18(43-15(3)32)19(44-20)11-42-46(39,40)13-45(37,38)41-9-8-16-4-6-17(7-5-16)31(35)36/h4-7,12,14,18-20H,8-11,13H2,1-3H3,(H,37,38)(H,39,40)(H2,27,28,29,33,34)/t18-,19+,20+/m0/s1. The third-order valence-corrected chi connectivity index (χ3v) is 10.6. The van der Waals surface area contributed by atoms with Gasteiger partial charge in [-0.2, -0.15) is 4.98 Å². The molecule has 19 nitrogen and oxygen atoms in total. The number of benzene rings is 1. The molecular formula is C25H32N6O13P2. The Labute approximate surface area is 260 Å². The number of non-ortho nitro benzene ring substituents is 1. The van der Waals surface area contributed by atoms with Crippen molar-refractivity contribution < 1.29 is 52.0 Å². The highest BCUT2D eigenvalue weighted by atomic mass is 31.2. The number of H-pyrrole nitrogens is 1. The van der Waals surface area contributed by atoms with Crippen molar-refractivity contribution in [2.75, 3.05) is 24.4 Å². The molecule has 5 atom stereocenters. The molecule has 3 aromatic rings. The molecular weight excluding hydrogens is 654 g/mol. The topological polar surface area (TPSA) is 264 Å². The first kappa shape index (κ1) is 35.0. The molecule has 1 aliphatic heterocycles. The van der Waals surface area contributed by atoms with Crippen molar-refractivity contribution >= 4 is 49.9 Å². The number of carbonyl (C=O) groups is 2. The molecule has 1 aliphatic rings. The van der Waals surface area contributed by atoms with E-state index in [1.54, 1.807) is 13.8 Å². The maximum Gasteiger partial charge on any atom is 0.340 e. The second-order valence-electron chi connectivity index (χ2n) is 10.6. The van der Waals surface area contributed by atoms with Crippen LogP contribution in [0.1, 0.15) is 39.0 Å². The van der Waals surface area contributed by atoms with Crippen LogP contribution in [0.15, 0.2) is 35.4 Å². The minimum atomic E-state index is -4.76. The van der Waals surface area contributed by atoms with Gasteiger partial charge in [-0.15, -0.1) is 0 Å². The van der Waals surface area contributed by atoms with Crippen LogP contribution in [0.5, 0.6) is 0 Å². The van der Waals surface area contributed by atoms with Crippen LogP contribution in [0, 0.1) is 16.0 Å². The highest BCUT2D eigenvalue weighted by Crippen LogP contribution is 2.58. The van der Waals surface area contributed by atoms with Crippen molar-refractivity contribution in [2.24, 2.45) is 5.92 Å². The van der Waals surface area contributed by atoms with Crippen LogP contribution < -0.4 is 10.9 Å². The highest BCUT2D eigenvalue weighted by Gasteiger charge is 2.42. The number of carbonyl (C=O) groups excluding carboxylic acids is 2. The number of nitrogens with one attached hydrogen (secondary N) is 2. The summed E-state index contributed by atoms with van der Waals surface area (Å²) in [7, 11) is -9.40. The number of nitro benzene ring substituents is 1. The van der Waals surface area contributed by atoms with Gasteiger partial charge in [-0.25, -0.2) is 4.98 Å². The number of aromatic nitrogens is 4. The van der Waals surface area contributed by atoms with Crippen LogP contribution in [0.25, 0.3) is 11.2 Å². The third kappa shape index (κ3) is 9.13. The van der Waals surface area contributed by atoms with Crippen molar-refractivity contribution in [3.63, 3.8) is 0 Å². The van der Waals surface area contributed by atoms with E-state index < -0.39 is 74.4 Å². The lowest BCUT2D eigenvalue weighted by Gasteiger charge is -2.21. The molecule has 4 N–H and O–H groups in total. The summed E-state index contributed by atoms with van der Waals surface area (Å²) >= 11 is 0. The number of aromatic amines is 1. The van der Waals surface area contributed by atoms with E-state index in [0.717, 1.165) is 6.92 Å². The van der Waals surface area contributed by atoms with Gasteiger partial charge in [0.25, 0.3) is 11.2 Å². The molecule has 2 aromatic heterocycles. The smallest absolute Gasteiger partial charge is 0.340 e. The van der Waals surface area contributed by atoms with Gasteiger partial charge in [-0.3, -0.25) is 48.5 Å². The van der Waals surface area contributed by atoms with Gasteiger partial charge in [0.05, 0.1) is 24.5 Å². The molecule has 1 amide bonds. The van der Waals surface area contributed by atoms with Gasteiger partial charge in [0.15, 0.2) is 17.1 Å². The number of hydrogen-bond acceptors (Lipinski definition) is 13. The first-order valence-electron chi connectivity index (χ1n) is 13.8. The molecule has 1 aromatic carbocycles. The molecule has 0 spiro atoms. The molecule has 21 heteroatoms. The van der Waals surface area contributed by atoms with Crippen LogP contribution in [-0.2, 0) is 43.7 Å². The van der Waals surface area contributed by atoms with E-state index in [-0.39, 0.29) is 42.2 Å². The number of esters is 1. The molecule has 1 saturated heterocycles. The predicted molar refractivity (Wildman–Crippen MR) is 159 cm³/mol. The first-order chi connectivity index (χ1) is 21.5. The average Bonchev–Trinajstić information content (AvgIpc) is 3.55. The van der Waals surface area contributed by atoms with Crippen molar-refractivity contribution in [1.29, 1.82) is 0 Å². The van der Waals surface area contributed by atoms with Crippen LogP contribution in [0.4, 0.5) is 11.6 Å². The molecule has 1 fully saturated rings. The summed E-state index contributed by atoms with van der Waals surface area (Å²) < 4.78 is 47.9. The van der Waals surface area contributed by atoms with E-state index in [4.69, 9.17) is 18.5 Å². The highest BCUT2D eigenvalue weighted by molar-refractivity contribution is 7.70. The van der Waals surface area contributed by atoms with Crippen molar-refractivity contribution in [3.05, 3.63) is 56.6 Å². The summed E-state index contributed by atoms with van der Waals surface area (Å²) in [6, 6.07) is 5.42. The number of ether oxygens (including phenoxy) is 2. The lowest BCUT2D eigenvalue weighted by atomic mass is 10.1. The summed E-state index contributed by atoms with van der Waals surface area (Å²) in [4.78, 5) is 77.9. The SMILES string of the molecule is CC(=O)O[C@H]1C[C@H](n2cnc3c(=O)[nH]c(NC(=O)C(C)C)nc32)O[C@@H]1COP(=O)(O)CP(=O)(O)OCCc1ccc([N+](=O)[O-])cc1. The Morgan fingerprint density at radius 1 is 1.22 bits per heavy atom. The lowest BCUT2D eigenvalue weighted by molar-refractivity contribution is -0.384. The number of fused-ring (bicyclic) bond motifs is 1. The maximum absolute atomic E-state index is 12.7. The summed E-state index contributed by atoms with van der Waals surface area (Å²) in [5.41, 5.74) is -0.226. The van der Waals surface area contributed by atoms with E-state index in [1.165, 1.54) is 35.2 Å². The predicted octanol–water partition coefficient (Wildman–Crippen LogP) is 2.45. The zero-order valence-electron chi connectivity index (χ0n) is 24.8. The molecule has 4 rings (SSSR count). The second kappa shape index (κ2) is 14.3. The van der Waals surface area contributed by atoms with E-state index in [1.807, 2.05) is 0 Å². The monoisotopic (exact) mass is 686 g/mol. The largest absolute Gasteiger partial charge is 0.460 e. The molecule has 250 valence electrons. The summed E-state index contributed by atoms with van der Waals surface area (Å²) in [5.74, 6) is -2.86. The van der Waals surface area contributed by atoms with Gasteiger partial charge in [-0.05, 0) is 12.0 Å². The number of hydrogen-bond donors (Lipinski definition) is 4. The summed E-state index contributed by atoms with van der Waals surface area (Å²) in [6.07, 6.45) is -1.74. The van der Waals surface area contributed by atoms with Crippen molar-refractivity contribution in [3.8, 4) is 0 Å². The lowest BCUT2D eigenvalue weighted by Crippen LogP contribution is -2.30. The molecule has 0 radical (unpaired) electrons. The van der Waals surface area contributed by atoms with E-state index >= 15 is 0 Å². The fraction of sp³-hybridized carbons (Fsp3) is 0.480.